The van der Waals surface area contributed by atoms with Crippen molar-refractivity contribution in [1.29, 1.82) is 0 Å². The molecule has 0 aliphatic heterocycles. The van der Waals surface area contributed by atoms with Gasteiger partial charge in [0.2, 0.25) is 0 Å². The molecule has 2 atom stereocenters. The van der Waals surface area contributed by atoms with Crippen LogP contribution in [0.2, 0.25) is 0 Å². The maximum absolute atomic E-state index is 5.81. The second-order valence-electron chi connectivity index (χ2n) is 5.71. The predicted octanol–water partition coefficient (Wildman–Crippen LogP) is 4.22. The molecule has 2 aromatic carbocycles. The van der Waals surface area contributed by atoms with Crippen LogP contribution in [0.4, 0.5) is 0 Å². The lowest BCUT2D eigenvalue weighted by Crippen LogP contribution is -2.27. The molecule has 0 saturated heterocycles. The summed E-state index contributed by atoms with van der Waals surface area (Å²) in [5.74, 6) is 0.971. The Kier molecular flexibility index (Phi) is 5.41. The number of benzene rings is 2. The normalized spacial score (nSPS) is 19.8. The molecule has 0 heterocycles. The summed E-state index contributed by atoms with van der Waals surface area (Å²) in [5.41, 5.74) is 2.45. The van der Waals surface area contributed by atoms with Crippen molar-refractivity contribution in [3.63, 3.8) is 0 Å². The van der Waals surface area contributed by atoms with Crippen LogP contribution in [0.3, 0.4) is 0 Å². The molecule has 0 bridgehead atoms. The van der Waals surface area contributed by atoms with E-state index in [1.807, 2.05) is 36.4 Å². The van der Waals surface area contributed by atoms with Crippen LogP contribution >= 0.6 is 0 Å². The van der Waals surface area contributed by atoms with Gasteiger partial charge in [0.05, 0.1) is 26.4 Å². The first kappa shape index (κ1) is 15.0. The van der Waals surface area contributed by atoms with Gasteiger partial charge in [-0.1, -0.05) is 72.8 Å². The third-order valence-electron chi connectivity index (χ3n) is 4.00. The molecule has 2 aromatic rings. The third kappa shape index (κ3) is 4.30. The second-order valence-corrected chi connectivity index (χ2v) is 5.71. The van der Waals surface area contributed by atoms with Gasteiger partial charge >= 0.3 is 0 Å². The molecule has 2 nitrogen and oxygen atoms in total. The van der Waals surface area contributed by atoms with Gasteiger partial charge in [0, 0.05) is 11.8 Å². The summed E-state index contributed by atoms with van der Waals surface area (Å²) in [7, 11) is 0. The van der Waals surface area contributed by atoms with Gasteiger partial charge < -0.3 is 9.47 Å². The van der Waals surface area contributed by atoms with Crippen LogP contribution in [0.15, 0.2) is 72.8 Å². The van der Waals surface area contributed by atoms with E-state index in [4.69, 9.17) is 9.47 Å². The molecule has 0 saturated carbocycles. The van der Waals surface area contributed by atoms with Gasteiger partial charge in [-0.25, -0.2) is 0 Å². The first-order valence-electron chi connectivity index (χ1n) is 7.83. The summed E-state index contributed by atoms with van der Waals surface area (Å²) in [4.78, 5) is 0. The van der Waals surface area contributed by atoms with Crippen molar-refractivity contribution in [2.24, 2.45) is 11.8 Å². The molecule has 0 N–H and O–H groups in total. The highest BCUT2D eigenvalue weighted by Gasteiger charge is 2.24. The lowest BCUT2D eigenvalue weighted by atomic mass is 9.83. The fraction of sp³-hybridized carbons (Fsp3) is 0.300. The minimum atomic E-state index is 0.486. The van der Waals surface area contributed by atoms with Crippen molar-refractivity contribution in [2.45, 2.75) is 13.2 Å². The molecule has 0 spiro atoms. The van der Waals surface area contributed by atoms with Crippen LogP contribution in [0, 0.1) is 11.8 Å². The first-order valence-corrected chi connectivity index (χ1v) is 7.83. The van der Waals surface area contributed by atoms with E-state index in [-0.39, 0.29) is 0 Å². The molecule has 0 aromatic heterocycles. The van der Waals surface area contributed by atoms with Crippen molar-refractivity contribution >= 4 is 0 Å². The molecule has 2 unspecified atom stereocenters. The summed E-state index contributed by atoms with van der Waals surface area (Å²) in [6, 6.07) is 20.6. The number of ether oxygens (including phenoxy) is 2. The van der Waals surface area contributed by atoms with Crippen LogP contribution in [0.1, 0.15) is 11.1 Å². The SMILES string of the molecule is C1=CC(COCc2ccccc2)C1COCc1ccccc1. The largest absolute Gasteiger partial charge is 0.376 e. The summed E-state index contributed by atoms with van der Waals surface area (Å²) in [6.07, 6.45) is 4.45. The Bertz CT molecular complexity index is 524. The van der Waals surface area contributed by atoms with E-state index in [9.17, 15) is 0 Å². The lowest BCUT2D eigenvalue weighted by Gasteiger charge is -2.29. The van der Waals surface area contributed by atoms with Crippen molar-refractivity contribution in [3.8, 4) is 0 Å². The monoisotopic (exact) mass is 294 g/mol. The fourth-order valence-electron chi connectivity index (χ4n) is 2.56. The zero-order valence-electron chi connectivity index (χ0n) is 12.7. The number of hydrogen-bond acceptors (Lipinski definition) is 2. The molecule has 2 heteroatoms. The zero-order valence-corrected chi connectivity index (χ0v) is 12.7. The Labute approximate surface area is 132 Å². The van der Waals surface area contributed by atoms with Gasteiger partial charge in [-0.2, -0.15) is 0 Å². The van der Waals surface area contributed by atoms with E-state index in [1.54, 1.807) is 0 Å². The van der Waals surface area contributed by atoms with E-state index < -0.39 is 0 Å². The van der Waals surface area contributed by atoms with Crippen LogP contribution < -0.4 is 0 Å². The quantitative estimate of drug-likeness (QED) is 0.679. The van der Waals surface area contributed by atoms with Gasteiger partial charge in [-0.3, -0.25) is 0 Å². The molecule has 1 aliphatic rings. The first-order chi connectivity index (χ1) is 10.9. The standard InChI is InChI=1S/C20H22O2/c1-3-7-17(8-4-1)13-21-15-19-11-12-20(19)16-22-14-18-9-5-2-6-10-18/h1-12,19-20H,13-16H2. The lowest BCUT2D eigenvalue weighted by molar-refractivity contribution is 0.0405. The summed E-state index contributed by atoms with van der Waals surface area (Å²) < 4.78 is 11.6. The molecule has 1 aliphatic carbocycles. The Morgan fingerprint density at radius 1 is 0.591 bits per heavy atom. The Hall–Kier alpha value is -1.90. The Morgan fingerprint density at radius 3 is 1.36 bits per heavy atom. The van der Waals surface area contributed by atoms with Crippen molar-refractivity contribution in [2.75, 3.05) is 13.2 Å². The maximum atomic E-state index is 5.81. The van der Waals surface area contributed by atoms with Crippen molar-refractivity contribution < 1.29 is 9.47 Å². The van der Waals surface area contributed by atoms with Crippen LogP contribution in [-0.4, -0.2) is 13.2 Å². The van der Waals surface area contributed by atoms with Crippen LogP contribution in [0.5, 0.6) is 0 Å². The molecular formula is C20H22O2. The summed E-state index contributed by atoms with van der Waals surface area (Å²) in [6.45, 7) is 2.90. The molecule has 0 amide bonds. The Balaban J connectivity index is 1.33. The second kappa shape index (κ2) is 7.92. The highest BCUT2D eigenvalue weighted by molar-refractivity contribution is 5.15. The average molecular weight is 294 g/mol. The number of hydrogen-bond donors (Lipinski definition) is 0. The van der Waals surface area contributed by atoms with E-state index in [1.165, 1.54) is 11.1 Å². The van der Waals surface area contributed by atoms with Crippen LogP contribution in [-0.2, 0) is 22.7 Å². The highest BCUT2D eigenvalue weighted by atomic mass is 16.5. The molecule has 22 heavy (non-hydrogen) atoms. The zero-order chi connectivity index (χ0) is 15.0. The summed E-state index contributed by atoms with van der Waals surface area (Å²) >= 11 is 0. The van der Waals surface area contributed by atoms with E-state index in [0.29, 0.717) is 25.0 Å². The molecule has 114 valence electrons. The van der Waals surface area contributed by atoms with E-state index in [0.717, 1.165) is 13.2 Å². The van der Waals surface area contributed by atoms with Gasteiger partial charge in [0.1, 0.15) is 0 Å². The van der Waals surface area contributed by atoms with E-state index >= 15 is 0 Å². The average Bonchev–Trinajstić information content (AvgIpc) is 2.56. The van der Waals surface area contributed by atoms with Crippen molar-refractivity contribution in [3.05, 3.63) is 83.9 Å². The fourth-order valence-corrected chi connectivity index (χ4v) is 2.56. The number of rotatable bonds is 8. The van der Waals surface area contributed by atoms with Gasteiger partial charge in [-0.15, -0.1) is 0 Å². The molecule has 3 rings (SSSR count). The topological polar surface area (TPSA) is 18.5 Å². The third-order valence-corrected chi connectivity index (χ3v) is 4.00. The highest BCUT2D eigenvalue weighted by Crippen LogP contribution is 2.26. The van der Waals surface area contributed by atoms with Crippen molar-refractivity contribution in [1.82, 2.24) is 0 Å². The minimum Gasteiger partial charge on any atom is -0.376 e. The summed E-state index contributed by atoms with van der Waals surface area (Å²) in [5, 5.41) is 0. The molecule has 0 fully saturated rings. The minimum absolute atomic E-state index is 0.486. The molecular weight excluding hydrogens is 272 g/mol. The van der Waals surface area contributed by atoms with Gasteiger partial charge in [0.15, 0.2) is 0 Å². The molecule has 0 radical (unpaired) electrons. The van der Waals surface area contributed by atoms with Crippen LogP contribution in [0.25, 0.3) is 0 Å². The maximum Gasteiger partial charge on any atom is 0.0717 e. The smallest absolute Gasteiger partial charge is 0.0717 e. The van der Waals surface area contributed by atoms with E-state index in [2.05, 4.69) is 36.4 Å². The predicted molar refractivity (Wildman–Crippen MR) is 88.3 cm³/mol. The van der Waals surface area contributed by atoms with Gasteiger partial charge in [0.25, 0.3) is 0 Å². The Morgan fingerprint density at radius 2 is 1.00 bits per heavy atom. The van der Waals surface area contributed by atoms with Gasteiger partial charge in [-0.05, 0) is 11.1 Å².